The fourth-order valence-electron chi connectivity index (χ4n) is 2.24. The van der Waals surface area contributed by atoms with Crippen LogP contribution < -0.4 is 0 Å². The summed E-state index contributed by atoms with van der Waals surface area (Å²) >= 11 is 0. The van der Waals surface area contributed by atoms with E-state index in [1.54, 1.807) is 6.07 Å². The van der Waals surface area contributed by atoms with Crippen LogP contribution in [0, 0.1) is 17.2 Å². The number of fused-ring (bicyclic) bond motifs is 1. The number of aromatic nitrogens is 1. The molecule has 4 heteroatoms. The van der Waals surface area contributed by atoms with Crippen LogP contribution in [0.15, 0.2) is 30.3 Å². The molecule has 0 amide bonds. The van der Waals surface area contributed by atoms with Gasteiger partial charge in [0, 0.05) is 10.9 Å². The molecule has 0 aliphatic carbocycles. The van der Waals surface area contributed by atoms with Crippen molar-refractivity contribution in [3.8, 4) is 6.07 Å². The predicted molar refractivity (Wildman–Crippen MR) is 71.7 cm³/mol. The Morgan fingerprint density at radius 3 is 2.63 bits per heavy atom. The van der Waals surface area contributed by atoms with Crippen molar-refractivity contribution in [2.24, 2.45) is 5.92 Å². The third kappa shape index (κ3) is 2.41. The molecular formula is C15H14N2O2. The maximum Gasteiger partial charge on any atom is 0.311 e. The molecule has 0 radical (unpaired) electrons. The normalized spacial score (nSPS) is 12.3. The largest absolute Gasteiger partial charge is 0.481 e. The van der Waals surface area contributed by atoms with Gasteiger partial charge in [-0.25, -0.2) is 4.98 Å². The molecule has 1 aromatic heterocycles. The summed E-state index contributed by atoms with van der Waals surface area (Å²) in [6.07, 6.45) is 0. The van der Waals surface area contributed by atoms with Gasteiger partial charge in [0.15, 0.2) is 0 Å². The highest BCUT2D eigenvalue weighted by Gasteiger charge is 2.27. The minimum atomic E-state index is -0.927. The Morgan fingerprint density at radius 1 is 1.37 bits per heavy atom. The maximum atomic E-state index is 11.4. The monoisotopic (exact) mass is 254 g/mol. The summed E-state index contributed by atoms with van der Waals surface area (Å²) in [4.78, 5) is 15.7. The lowest BCUT2D eigenvalue weighted by molar-refractivity contribution is -0.139. The van der Waals surface area contributed by atoms with Gasteiger partial charge >= 0.3 is 5.97 Å². The number of carbonyl (C=O) groups is 1. The van der Waals surface area contributed by atoms with Crippen molar-refractivity contribution in [3.63, 3.8) is 0 Å². The summed E-state index contributed by atoms with van der Waals surface area (Å²) in [6, 6.07) is 11.2. The molecule has 2 rings (SSSR count). The van der Waals surface area contributed by atoms with Gasteiger partial charge in [0.05, 0.1) is 11.4 Å². The van der Waals surface area contributed by atoms with E-state index in [0.29, 0.717) is 11.1 Å². The van der Waals surface area contributed by atoms with Crippen LogP contribution in [-0.4, -0.2) is 16.1 Å². The van der Waals surface area contributed by atoms with Gasteiger partial charge in [0.1, 0.15) is 11.8 Å². The first kappa shape index (κ1) is 13.0. The molecule has 1 aromatic carbocycles. The minimum Gasteiger partial charge on any atom is -0.481 e. The summed E-state index contributed by atoms with van der Waals surface area (Å²) in [5.74, 6) is -1.75. The molecule has 4 nitrogen and oxygen atoms in total. The maximum absolute atomic E-state index is 11.4. The van der Waals surface area contributed by atoms with Gasteiger partial charge in [-0.2, -0.15) is 5.26 Å². The zero-order valence-electron chi connectivity index (χ0n) is 10.8. The molecule has 0 aliphatic rings. The molecule has 0 fully saturated rings. The molecule has 0 saturated carbocycles. The van der Waals surface area contributed by atoms with Crippen LogP contribution in [0.25, 0.3) is 10.9 Å². The van der Waals surface area contributed by atoms with E-state index in [-0.39, 0.29) is 11.6 Å². The molecule has 2 aromatic rings. The standard InChI is InChI=1S/C15H14N2O2/c1-9(2)14(15(18)19)11-7-10-5-3-4-6-12(10)17-13(11)8-16/h3-7,9,14H,1-2H3,(H,18,19). The average molecular weight is 254 g/mol. The number of hydrogen-bond acceptors (Lipinski definition) is 3. The lowest BCUT2D eigenvalue weighted by atomic mass is 9.87. The number of carboxylic acids is 1. The van der Waals surface area contributed by atoms with Crippen LogP contribution in [-0.2, 0) is 4.79 Å². The van der Waals surface area contributed by atoms with Crippen LogP contribution in [0.1, 0.15) is 31.0 Å². The SMILES string of the molecule is CC(C)C(C(=O)O)c1cc2ccccc2nc1C#N. The molecule has 0 bridgehead atoms. The molecule has 19 heavy (non-hydrogen) atoms. The smallest absolute Gasteiger partial charge is 0.311 e. The summed E-state index contributed by atoms with van der Waals surface area (Å²) in [5.41, 5.74) is 1.39. The number of pyridine rings is 1. The van der Waals surface area contributed by atoms with Crippen molar-refractivity contribution >= 4 is 16.9 Å². The van der Waals surface area contributed by atoms with Crippen LogP contribution in [0.5, 0.6) is 0 Å². The van der Waals surface area contributed by atoms with Crippen LogP contribution in [0.3, 0.4) is 0 Å². The second-order valence-electron chi connectivity index (χ2n) is 4.79. The van der Waals surface area contributed by atoms with E-state index in [1.165, 1.54) is 0 Å². The number of rotatable bonds is 3. The fraction of sp³-hybridized carbons (Fsp3) is 0.267. The summed E-state index contributed by atoms with van der Waals surface area (Å²) in [5, 5.41) is 19.4. The van der Waals surface area contributed by atoms with Crippen LogP contribution in [0.2, 0.25) is 0 Å². The first-order valence-corrected chi connectivity index (χ1v) is 6.07. The number of nitrogens with zero attached hydrogens (tertiary/aromatic N) is 2. The quantitative estimate of drug-likeness (QED) is 0.913. The van der Waals surface area contributed by atoms with E-state index in [0.717, 1.165) is 5.39 Å². The fourth-order valence-corrected chi connectivity index (χ4v) is 2.24. The van der Waals surface area contributed by atoms with Crippen molar-refractivity contribution in [3.05, 3.63) is 41.6 Å². The molecular weight excluding hydrogens is 240 g/mol. The number of aliphatic carboxylic acids is 1. The van der Waals surface area contributed by atoms with Crippen LogP contribution >= 0.6 is 0 Å². The Morgan fingerprint density at radius 2 is 2.05 bits per heavy atom. The highest BCUT2D eigenvalue weighted by atomic mass is 16.4. The van der Waals surface area contributed by atoms with E-state index in [2.05, 4.69) is 4.98 Å². The molecule has 0 saturated heterocycles. The molecule has 1 unspecified atom stereocenters. The third-order valence-electron chi connectivity index (χ3n) is 3.13. The van der Waals surface area contributed by atoms with Crippen molar-refractivity contribution in [2.75, 3.05) is 0 Å². The first-order chi connectivity index (χ1) is 9.04. The van der Waals surface area contributed by atoms with Gasteiger partial charge < -0.3 is 5.11 Å². The number of carboxylic acid groups (broad SMARTS) is 1. The summed E-state index contributed by atoms with van der Waals surface area (Å²) < 4.78 is 0. The highest BCUT2D eigenvalue weighted by molar-refractivity contribution is 5.84. The van der Waals surface area contributed by atoms with Crippen molar-refractivity contribution < 1.29 is 9.90 Å². The molecule has 1 heterocycles. The lowest BCUT2D eigenvalue weighted by Crippen LogP contribution is -2.19. The van der Waals surface area contributed by atoms with Gasteiger partial charge in [-0.05, 0) is 18.1 Å². The van der Waals surface area contributed by atoms with Crippen molar-refractivity contribution in [1.82, 2.24) is 4.98 Å². The third-order valence-corrected chi connectivity index (χ3v) is 3.13. The van der Waals surface area contributed by atoms with E-state index in [1.807, 2.05) is 44.2 Å². The van der Waals surface area contributed by atoms with E-state index < -0.39 is 11.9 Å². The molecule has 1 atom stereocenters. The zero-order chi connectivity index (χ0) is 14.0. The Bertz CT molecular complexity index is 671. The van der Waals surface area contributed by atoms with Gasteiger partial charge in [-0.1, -0.05) is 32.0 Å². The Balaban J connectivity index is 2.71. The van der Waals surface area contributed by atoms with Crippen LogP contribution in [0.4, 0.5) is 0 Å². The van der Waals surface area contributed by atoms with Gasteiger partial charge in [0.2, 0.25) is 0 Å². The summed E-state index contributed by atoms with van der Waals surface area (Å²) in [6.45, 7) is 3.66. The lowest BCUT2D eigenvalue weighted by Gasteiger charge is -2.17. The Kier molecular flexibility index (Phi) is 3.48. The molecule has 0 aliphatic heterocycles. The summed E-state index contributed by atoms with van der Waals surface area (Å²) in [7, 11) is 0. The zero-order valence-corrected chi connectivity index (χ0v) is 10.8. The molecule has 0 spiro atoms. The number of para-hydroxylation sites is 1. The van der Waals surface area contributed by atoms with E-state index in [9.17, 15) is 15.2 Å². The predicted octanol–water partition coefficient (Wildman–Crippen LogP) is 2.93. The minimum absolute atomic E-state index is 0.104. The first-order valence-electron chi connectivity index (χ1n) is 6.07. The molecule has 96 valence electrons. The van der Waals surface area contributed by atoms with Gasteiger partial charge in [0.25, 0.3) is 0 Å². The van der Waals surface area contributed by atoms with E-state index in [4.69, 9.17) is 0 Å². The topological polar surface area (TPSA) is 74.0 Å². The number of hydrogen-bond donors (Lipinski definition) is 1. The second kappa shape index (κ2) is 5.07. The Labute approximate surface area is 111 Å². The molecule has 1 N–H and O–H groups in total. The Hall–Kier alpha value is -2.41. The second-order valence-corrected chi connectivity index (χ2v) is 4.79. The number of nitriles is 1. The highest BCUT2D eigenvalue weighted by Crippen LogP contribution is 2.29. The van der Waals surface area contributed by atoms with Gasteiger partial charge in [-0.15, -0.1) is 0 Å². The van der Waals surface area contributed by atoms with Gasteiger partial charge in [-0.3, -0.25) is 4.79 Å². The van der Waals surface area contributed by atoms with Crippen molar-refractivity contribution in [2.45, 2.75) is 19.8 Å². The van der Waals surface area contributed by atoms with E-state index >= 15 is 0 Å². The number of benzene rings is 1. The average Bonchev–Trinajstić information content (AvgIpc) is 2.37. The van der Waals surface area contributed by atoms with Crippen molar-refractivity contribution in [1.29, 1.82) is 5.26 Å².